The van der Waals surface area contributed by atoms with Gasteiger partial charge in [-0.25, -0.2) is 0 Å². The number of halogens is 2. The van der Waals surface area contributed by atoms with Gasteiger partial charge in [0.25, 0.3) is 0 Å². The third kappa shape index (κ3) is 9.03. The SMILES string of the molecule is FCl.[Ba].[Ba]. The molecule has 0 nitrogen and oxygen atoms in total. The summed E-state index contributed by atoms with van der Waals surface area (Å²) >= 11 is 3.14. The molecule has 0 N–H and O–H groups in total. The van der Waals surface area contributed by atoms with Gasteiger partial charge in [-0.05, 0) is 0 Å². The smallest absolute Gasteiger partial charge is 0.116 e. The molecule has 4 radical (unpaired) electrons. The number of hydrogen-bond acceptors (Lipinski definition) is 0. The van der Waals surface area contributed by atoms with Crippen molar-refractivity contribution >= 4 is 110 Å². The van der Waals surface area contributed by atoms with Crippen LogP contribution in [0.5, 0.6) is 0 Å². The van der Waals surface area contributed by atoms with Gasteiger partial charge in [-0.15, -0.1) is 3.98 Å². The molecule has 18 valence electrons. The number of rotatable bonds is 0. The van der Waals surface area contributed by atoms with Crippen molar-refractivity contribution in [3.8, 4) is 0 Å². The van der Waals surface area contributed by atoms with Crippen LogP contribution in [0.15, 0.2) is 0 Å². The van der Waals surface area contributed by atoms with Gasteiger partial charge in [0.1, 0.15) is 12.0 Å². The van der Waals surface area contributed by atoms with Gasteiger partial charge < -0.3 is 0 Å². The molecule has 0 aliphatic carbocycles. The first-order chi connectivity index (χ1) is 1.00. The maximum atomic E-state index is 8.97. The molecule has 0 atom stereocenters. The monoisotopic (exact) mass is 330 g/mol. The molecule has 4 heteroatoms. The molecule has 0 aliphatic heterocycles. The van der Waals surface area contributed by atoms with Gasteiger partial charge in [0.05, 0.1) is 0 Å². The van der Waals surface area contributed by atoms with Gasteiger partial charge in [-0.2, -0.15) is 0 Å². The Hall–Kier alpha value is 3.36. The van der Waals surface area contributed by atoms with Crippen LogP contribution in [0.1, 0.15) is 0 Å². The molecule has 0 saturated heterocycles. The minimum atomic E-state index is 0. The zero-order chi connectivity index (χ0) is 2.00. The summed E-state index contributed by atoms with van der Waals surface area (Å²) in [4.78, 5) is 0. The van der Waals surface area contributed by atoms with E-state index in [-0.39, 0.29) is 97.8 Å². The van der Waals surface area contributed by atoms with Gasteiger partial charge in [0, 0.05) is 97.8 Å². The number of hydrogen-bond donors (Lipinski definition) is 0. The molecule has 0 fully saturated rings. The van der Waals surface area contributed by atoms with Crippen molar-refractivity contribution in [1.29, 1.82) is 0 Å². The van der Waals surface area contributed by atoms with Crippen molar-refractivity contribution in [2.75, 3.05) is 0 Å². The average Bonchev–Trinajstić information content (AvgIpc) is 1.00. The molecule has 0 spiro atoms. The van der Waals surface area contributed by atoms with Crippen molar-refractivity contribution in [2.24, 2.45) is 0 Å². The zero-order valence-electron chi connectivity index (χ0n) is 2.17. The summed E-state index contributed by atoms with van der Waals surface area (Å²) in [5.74, 6) is 0. The molecule has 0 aliphatic rings. The quantitative estimate of drug-likeness (QED) is 0.563. The van der Waals surface area contributed by atoms with Crippen LogP contribution in [0.25, 0.3) is 0 Å². The summed E-state index contributed by atoms with van der Waals surface area (Å²) in [7, 11) is 0. The normalized spacial score (nSPS) is 1.50. The van der Waals surface area contributed by atoms with Crippen molar-refractivity contribution < 1.29 is 3.98 Å². The fourth-order valence-corrected chi connectivity index (χ4v) is 0. The van der Waals surface area contributed by atoms with Gasteiger partial charge in [0.2, 0.25) is 0 Å². The molecule has 0 rings (SSSR count). The van der Waals surface area contributed by atoms with Gasteiger partial charge >= 0.3 is 0 Å². The predicted octanol–water partition coefficient (Wildman–Crippen LogP) is 0.348. The van der Waals surface area contributed by atoms with Crippen molar-refractivity contribution in [3.05, 3.63) is 0 Å². The van der Waals surface area contributed by atoms with Crippen LogP contribution in [0.4, 0.5) is 3.98 Å². The molecule has 0 aromatic carbocycles. The fourth-order valence-electron chi connectivity index (χ4n) is 0. The van der Waals surface area contributed by atoms with Gasteiger partial charge in [-0.3, -0.25) is 0 Å². The Morgan fingerprint density at radius 1 is 1.00 bits per heavy atom. The summed E-state index contributed by atoms with van der Waals surface area (Å²) in [5.41, 5.74) is 0. The van der Waals surface area contributed by atoms with Crippen molar-refractivity contribution in [2.45, 2.75) is 0 Å². The summed E-state index contributed by atoms with van der Waals surface area (Å²) < 4.78 is 8.97. The molecule has 0 saturated carbocycles. The van der Waals surface area contributed by atoms with E-state index in [1.807, 2.05) is 0 Å². The van der Waals surface area contributed by atoms with Crippen LogP contribution in [0.3, 0.4) is 0 Å². The van der Waals surface area contributed by atoms with E-state index >= 15 is 0 Å². The van der Waals surface area contributed by atoms with Gasteiger partial charge in [-0.1, -0.05) is 0 Å². The minimum absolute atomic E-state index is 0. The predicted molar refractivity (Wildman–Crippen MR) is 18.5 cm³/mol. The van der Waals surface area contributed by atoms with E-state index < -0.39 is 0 Å². The van der Waals surface area contributed by atoms with E-state index in [2.05, 4.69) is 12.0 Å². The molecule has 0 aromatic rings. The van der Waals surface area contributed by atoms with E-state index in [9.17, 15) is 0 Å². The molecular formula is Ba2ClF. The second-order valence-corrected chi connectivity index (χ2v) is 0. The first kappa shape index (κ1) is 15.7. The minimum Gasteiger partial charge on any atom is -0.116 e. The fraction of sp³-hybridized carbons (Fsp3) is 0. The van der Waals surface area contributed by atoms with Crippen LogP contribution in [-0.4, -0.2) is 97.8 Å². The van der Waals surface area contributed by atoms with E-state index in [1.54, 1.807) is 0 Å². The second-order valence-electron chi connectivity index (χ2n) is 0. The Labute approximate surface area is 110 Å². The molecule has 0 amide bonds. The zero-order valence-corrected chi connectivity index (χ0v) is 11.8. The molecule has 0 unspecified atom stereocenters. The molecule has 0 aromatic heterocycles. The van der Waals surface area contributed by atoms with Crippen LogP contribution >= 0.6 is 12.0 Å². The Morgan fingerprint density at radius 3 is 1.00 bits per heavy atom. The Bertz CT molecular complexity index is 6.00. The first-order valence-corrected chi connectivity index (χ1v) is 0.429. The third-order valence-corrected chi connectivity index (χ3v) is 0. The van der Waals surface area contributed by atoms with Crippen LogP contribution in [-0.2, 0) is 0 Å². The molecule has 0 heterocycles. The van der Waals surface area contributed by atoms with Crippen molar-refractivity contribution in [1.82, 2.24) is 0 Å². The van der Waals surface area contributed by atoms with E-state index in [0.717, 1.165) is 0 Å². The summed E-state index contributed by atoms with van der Waals surface area (Å²) in [6, 6.07) is 0. The molecular weight excluding hydrogens is 329 g/mol. The van der Waals surface area contributed by atoms with E-state index in [0.29, 0.717) is 0 Å². The second kappa shape index (κ2) is 16.2. The Morgan fingerprint density at radius 2 is 1.00 bits per heavy atom. The Balaban J connectivity index is -0.00000000500. The maximum absolute atomic E-state index is 8.97. The molecule has 4 heavy (non-hydrogen) atoms. The van der Waals surface area contributed by atoms with Crippen LogP contribution < -0.4 is 0 Å². The maximum Gasteiger partial charge on any atom is 0.116 e. The standard InChI is InChI=1S/2Ba.ClF/c;;1-2. The average molecular weight is 329 g/mol. The summed E-state index contributed by atoms with van der Waals surface area (Å²) in [5, 5.41) is 0. The van der Waals surface area contributed by atoms with Gasteiger partial charge in [0.15, 0.2) is 0 Å². The van der Waals surface area contributed by atoms with E-state index in [4.69, 9.17) is 3.98 Å². The molecule has 0 bridgehead atoms. The van der Waals surface area contributed by atoms with E-state index in [1.165, 1.54) is 0 Å². The summed E-state index contributed by atoms with van der Waals surface area (Å²) in [6.45, 7) is 0. The largest absolute Gasteiger partial charge is 0.116 e. The third-order valence-electron chi connectivity index (χ3n) is 0. The van der Waals surface area contributed by atoms with Crippen molar-refractivity contribution in [3.63, 3.8) is 0 Å². The Kier molecular flexibility index (Phi) is 63.4. The van der Waals surface area contributed by atoms with Crippen LogP contribution in [0, 0.1) is 0 Å². The topological polar surface area (TPSA) is 0 Å². The first-order valence-electron chi connectivity index (χ1n) is 0.143. The summed E-state index contributed by atoms with van der Waals surface area (Å²) in [6.07, 6.45) is 0. The van der Waals surface area contributed by atoms with Crippen LogP contribution in [0.2, 0.25) is 0 Å².